The second-order valence-corrected chi connectivity index (χ2v) is 6.93. The van der Waals surface area contributed by atoms with E-state index in [1.54, 1.807) is 12.3 Å². The highest BCUT2D eigenvalue weighted by Crippen LogP contribution is 2.53. The Morgan fingerprint density at radius 2 is 2.12 bits per heavy atom. The number of carbonyl (C=O) groups excluding carboxylic acids is 1. The van der Waals surface area contributed by atoms with Crippen LogP contribution >= 0.6 is 0 Å². The number of carbonyl (C=O) groups is 2. The van der Waals surface area contributed by atoms with Crippen molar-refractivity contribution in [1.82, 2.24) is 9.78 Å². The molecule has 2 aliphatic carbocycles. The van der Waals surface area contributed by atoms with E-state index in [-0.39, 0.29) is 23.2 Å². The largest absolute Gasteiger partial charge is 0.463 e. The number of benzene rings is 1. The van der Waals surface area contributed by atoms with Crippen LogP contribution in [0, 0.1) is 23.2 Å². The third-order valence-corrected chi connectivity index (χ3v) is 5.71. The lowest BCUT2D eigenvalue weighted by molar-refractivity contribution is -0.121. The van der Waals surface area contributed by atoms with Crippen molar-refractivity contribution < 1.29 is 14.7 Å². The zero-order valence-electron chi connectivity index (χ0n) is 14.2. The van der Waals surface area contributed by atoms with Gasteiger partial charge in [-0.1, -0.05) is 37.3 Å². The van der Waals surface area contributed by atoms with E-state index in [1.165, 1.54) is 0 Å². The minimum atomic E-state index is -1.15. The van der Waals surface area contributed by atoms with Crippen LogP contribution < -0.4 is 0 Å². The summed E-state index contributed by atoms with van der Waals surface area (Å²) in [6.45, 7) is 1.86. The van der Waals surface area contributed by atoms with Gasteiger partial charge in [0, 0.05) is 12.1 Å². The number of aromatic nitrogens is 2. The Labute approximate surface area is 150 Å². The normalized spacial score (nSPS) is 27.1. The van der Waals surface area contributed by atoms with Crippen molar-refractivity contribution >= 4 is 11.9 Å². The summed E-state index contributed by atoms with van der Waals surface area (Å²) in [4.78, 5) is 24.0. The first kappa shape index (κ1) is 16.3. The predicted molar refractivity (Wildman–Crippen MR) is 92.5 cm³/mol. The fourth-order valence-electron chi connectivity index (χ4n) is 4.54. The number of allylic oxidation sites excluding steroid dienone is 2. The third kappa shape index (κ3) is 2.07. The molecule has 2 aromatic rings. The van der Waals surface area contributed by atoms with E-state index < -0.39 is 11.5 Å². The van der Waals surface area contributed by atoms with Crippen molar-refractivity contribution in [3.8, 4) is 6.07 Å². The number of rotatable bonds is 1. The average Bonchev–Trinajstić information content (AvgIpc) is 3.10. The Kier molecular flexibility index (Phi) is 3.55. The van der Waals surface area contributed by atoms with Gasteiger partial charge in [0.25, 0.3) is 0 Å². The van der Waals surface area contributed by atoms with Crippen LogP contribution in [0.15, 0.2) is 48.2 Å². The van der Waals surface area contributed by atoms with Crippen molar-refractivity contribution in [3.63, 3.8) is 0 Å². The van der Waals surface area contributed by atoms with Gasteiger partial charge in [-0.05, 0) is 36.0 Å². The van der Waals surface area contributed by atoms with Gasteiger partial charge in [0.2, 0.25) is 0 Å². The molecule has 4 rings (SSSR count). The third-order valence-electron chi connectivity index (χ3n) is 5.71. The van der Waals surface area contributed by atoms with Crippen molar-refractivity contribution in [1.29, 1.82) is 5.26 Å². The Balaban J connectivity index is 2.07. The molecular formula is C20H17N3O3. The minimum absolute atomic E-state index is 0.0702. The van der Waals surface area contributed by atoms with E-state index >= 15 is 0 Å². The smallest absolute Gasteiger partial charge is 0.432 e. The molecule has 0 spiro atoms. The molecule has 0 radical (unpaired) electrons. The van der Waals surface area contributed by atoms with Gasteiger partial charge in [-0.3, -0.25) is 4.79 Å². The van der Waals surface area contributed by atoms with Gasteiger partial charge in [0.15, 0.2) is 5.78 Å². The van der Waals surface area contributed by atoms with Crippen LogP contribution in [0.4, 0.5) is 4.79 Å². The summed E-state index contributed by atoms with van der Waals surface area (Å²) < 4.78 is 0.929. The molecule has 6 heteroatoms. The minimum Gasteiger partial charge on any atom is -0.463 e. The molecule has 1 heterocycles. The molecule has 3 atom stereocenters. The second kappa shape index (κ2) is 5.67. The Hall–Kier alpha value is -3.20. The SMILES string of the molecule is CC1C(=O)C(C#N)=CC2(c3ccccc3)c3nn(C(=O)O)cc3CCC12. The fraction of sp³-hybridized carbons (Fsp3) is 0.300. The number of hydrogen-bond acceptors (Lipinski definition) is 4. The molecule has 6 nitrogen and oxygen atoms in total. The standard InChI is InChI=1S/C20H17N3O3/c1-12-16-8-7-13-11-23(19(25)26)22-18(13)20(16,9-14(10-21)17(12)24)15-5-3-2-4-6-15/h2-6,9,11-12,16H,7-8H2,1H3,(H,25,26). The zero-order valence-corrected chi connectivity index (χ0v) is 14.2. The van der Waals surface area contributed by atoms with Gasteiger partial charge in [-0.2, -0.15) is 15.0 Å². The van der Waals surface area contributed by atoms with E-state index in [0.29, 0.717) is 12.1 Å². The Morgan fingerprint density at radius 3 is 2.77 bits per heavy atom. The molecule has 2 aliphatic rings. The number of carboxylic acid groups (broad SMARTS) is 1. The molecule has 0 aliphatic heterocycles. The number of nitriles is 1. The topological polar surface area (TPSA) is 96.0 Å². The molecule has 26 heavy (non-hydrogen) atoms. The monoisotopic (exact) mass is 347 g/mol. The van der Waals surface area contributed by atoms with Crippen molar-refractivity contribution in [3.05, 3.63) is 65.0 Å². The van der Waals surface area contributed by atoms with E-state index in [1.807, 2.05) is 43.3 Å². The van der Waals surface area contributed by atoms with Gasteiger partial charge >= 0.3 is 6.09 Å². The van der Waals surface area contributed by atoms with Gasteiger partial charge in [-0.15, -0.1) is 0 Å². The number of aryl methyl sites for hydroxylation is 1. The molecule has 0 saturated heterocycles. The number of fused-ring (bicyclic) bond motifs is 3. The van der Waals surface area contributed by atoms with Crippen LogP contribution in [-0.4, -0.2) is 26.8 Å². The van der Waals surface area contributed by atoms with Crippen LogP contribution in [0.1, 0.15) is 30.2 Å². The highest BCUT2D eigenvalue weighted by atomic mass is 16.4. The summed E-state index contributed by atoms with van der Waals surface area (Å²) in [5.41, 5.74) is 1.76. The van der Waals surface area contributed by atoms with Crippen molar-refractivity contribution in [2.45, 2.75) is 25.2 Å². The highest BCUT2D eigenvalue weighted by molar-refractivity contribution is 6.02. The number of ketones is 1. The first-order valence-corrected chi connectivity index (χ1v) is 8.54. The van der Waals surface area contributed by atoms with E-state index in [2.05, 4.69) is 5.10 Å². The maximum absolute atomic E-state index is 12.6. The quantitative estimate of drug-likeness (QED) is 0.855. The van der Waals surface area contributed by atoms with E-state index in [0.717, 1.165) is 22.2 Å². The van der Waals surface area contributed by atoms with Crippen LogP contribution in [0.3, 0.4) is 0 Å². The summed E-state index contributed by atoms with van der Waals surface area (Å²) in [6, 6.07) is 11.7. The van der Waals surface area contributed by atoms with Crippen molar-refractivity contribution in [2.75, 3.05) is 0 Å². The Morgan fingerprint density at radius 1 is 1.38 bits per heavy atom. The molecular weight excluding hydrogens is 330 g/mol. The zero-order chi connectivity index (χ0) is 18.5. The van der Waals surface area contributed by atoms with Crippen LogP contribution in [-0.2, 0) is 16.6 Å². The van der Waals surface area contributed by atoms with E-state index in [9.17, 15) is 20.0 Å². The molecule has 0 saturated carbocycles. The number of nitrogens with zero attached hydrogens (tertiary/aromatic N) is 3. The fourth-order valence-corrected chi connectivity index (χ4v) is 4.54. The molecule has 130 valence electrons. The summed E-state index contributed by atoms with van der Waals surface area (Å²) in [7, 11) is 0. The number of Topliss-reactive ketones (excluding diaryl/α,β-unsaturated/α-hetero) is 1. The average molecular weight is 347 g/mol. The molecule has 0 bridgehead atoms. The molecule has 0 amide bonds. The summed E-state index contributed by atoms with van der Waals surface area (Å²) in [6.07, 6.45) is 3.50. The molecule has 1 N–H and O–H groups in total. The lowest BCUT2D eigenvalue weighted by Crippen LogP contribution is -2.48. The first-order chi connectivity index (χ1) is 12.5. The molecule has 1 aromatic heterocycles. The predicted octanol–water partition coefficient (Wildman–Crippen LogP) is 2.93. The maximum atomic E-state index is 12.6. The highest BCUT2D eigenvalue weighted by Gasteiger charge is 2.53. The van der Waals surface area contributed by atoms with E-state index in [4.69, 9.17) is 0 Å². The summed E-state index contributed by atoms with van der Waals surface area (Å²) in [5, 5.41) is 23.2. The van der Waals surface area contributed by atoms with Crippen LogP contribution in [0.2, 0.25) is 0 Å². The van der Waals surface area contributed by atoms with Crippen LogP contribution in [0.5, 0.6) is 0 Å². The molecule has 3 unspecified atom stereocenters. The van der Waals surface area contributed by atoms with Crippen LogP contribution in [0.25, 0.3) is 0 Å². The molecule has 0 fully saturated rings. The summed E-state index contributed by atoms with van der Waals surface area (Å²) in [5.74, 6) is -0.553. The lowest BCUT2D eigenvalue weighted by Gasteiger charge is -2.46. The number of hydrogen-bond donors (Lipinski definition) is 1. The van der Waals surface area contributed by atoms with Gasteiger partial charge in [0.1, 0.15) is 6.07 Å². The first-order valence-electron chi connectivity index (χ1n) is 8.54. The summed E-state index contributed by atoms with van der Waals surface area (Å²) >= 11 is 0. The lowest BCUT2D eigenvalue weighted by atomic mass is 9.54. The van der Waals surface area contributed by atoms with Gasteiger partial charge < -0.3 is 5.11 Å². The molecule has 1 aromatic carbocycles. The second-order valence-electron chi connectivity index (χ2n) is 6.93. The van der Waals surface area contributed by atoms with Gasteiger partial charge in [-0.25, -0.2) is 4.79 Å². The van der Waals surface area contributed by atoms with Gasteiger partial charge in [0.05, 0.1) is 16.7 Å². The Bertz CT molecular complexity index is 983. The van der Waals surface area contributed by atoms with Crippen molar-refractivity contribution in [2.24, 2.45) is 11.8 Å². The maximum Gasteiger partial charge on any atom is 0.432 e.